The van der Waals surface area contributed by atoms with Gasteiger partial charge in [-0.2, -0.15) is 8.78 Å². The zero-order valence-corrected chi connectivity index (χ0v) is 16.8. The van der Waals surface area contributed by atoms with Crippen LogP contribution in [0.3, 0.4) is 0 Å². The number of rotatable bonds is 5. The lowest BCUT2D eigenvalue weighted by molar-refractivity contribution is -0.0503. The maximum Gasteiger partial charge on any atom is 0.407 e. The monoisotopic (exact) mass is 434 g/mol. The second kappa shape index (κ2) is 8.99. The molecule has 146 valence electrons. The van der Waals surface area contributed by atoms with E-state index in [2.05, 4.69) is 30.9 Å². The highest BCUT2D eigenvalue weighted by molar-refractivity contribution is 9.10. The molecule has 1 aromatic rings. The number of hydrogen-bond donors (Lipinski definition) is 1. The number of nitrogens with zero attached hydrogens (tertiary/aromatic N) is 1. The number of likely N-dealkylation sites (tertiary alicyclic amines) is 1. The molecule has 0 unspecified atom stereocenters. The number of nitrogens with one attached hydrogen (secondary N) is 1. The standard InChI is InChI=1S/C18H25BrF2N2O3/c1-18(2,3)26-17(24)22-13-6-8-23(9-7-13)11-12-4-5-15(14(19)10-12)25-16(20)21/h4-5,10,13,16H,6-9,11H2,1-3H3,(H,22,24). The molecule has 1 fully saturated rings. The number of piperidine rings is 1. The van der Waals surface area contributed by atoms with Crippen molar-refractivity contribution in [3.8, 4) is 5.75 Å². The molecule has 1 aliphatic rings. The maximum absolute atomic E-state index is 12.3. The molecule has 1 N–H and O–H groups in total. The minimum absolute atomic E-state index is 0.106. The van der Waals surface area contributed by atoms with Crippen molar-refractivity contribution in [1.82, 2.24) is 10.2 Å². The Morgan fingerprint density at radius 2 is 2.00 bits per heavy atom. The number of carbonyl (C=O) groups is 1. The maximum atomic E-state index is 12.3. The molecule has 1 aliphatic heterocycles. The Balaban J connectivity index is 1.80. The van der Waals surface area contributed by atoms with Crippen LogP contribution in [0.5, 0.6) is 5.75 Å². The first-order valence-electron chi connectivity index (χ1n) is 8.57. The summed E-state index contributed by atoms with van der Waals surface area (Å²) in [5.74, 6) is 0.129. The van der Waals surface area contributed by atoms with E-state index in [0.29, 0.717) is 11.0 Å². The molecular weight excluding hydrogens is 410 g/mol. The normalized spacial score (nSPS) is 16.6. The number of alkyl halides is 2. The molecular formula is C18H25BrF2N2O3. The lowest BCUT2D eigenvalue weighted by Gasteiger charge is -2.32. The molecule has 8 heteroatoms. The number of amides is 1. The SMILES string of the molecule is CC(C)(C)OC(=O)NC1CCN(Cc2ccc(OC(F)F)c(Br)c2)CC1. The molecule has 1 heterocycles. The zero-order valence-electron chi connectivity index (χ0n) is 15.2. The summed E-state index contributed by atoms with van der Waals surface area (Å²) in [6.45, 7) is 5.07. The molecule has 1 aromatic carbocycles. The van der Waals surface area contributed by atoms with Crippen LogP contribution in [0.15, 0.2) is 22.7 Å². The molecule has 5 nitrogen and oxygen atoms in total. The van der Waals surface area contributed by atoms with Gasteiger partial charge in [0.25, 0.3) is 0 Å². The van der Waals surface area contributed by atoms with E-state index >= 15 is 0 Å². The van der Waals surface area contributed by atoms with Gasteiger partial charge in [0.1, 0.15) is 11.4 Å². The highest BCUT2D eigenvalue weighted by Crippen LogP contribution is 2.28. The van der Waals surface area contributed by atoms with Crippen LogP contribution in [-0.4, -0.2) is 42.3 Å². The van der Waals surface area contributed by atoms with Gasteiger partial charge in [-0.1, -0.05) is 6.07 Å². The van der Waals surface area contributed by atoms with E-state index in [1.165, 1.54) is 0 Å². The van der Waals surface area contributed by atoms with E-state index in [1.807, 2.05) is 20.8 Å². The Morgan fingerprint density at radius 1 is 1.35 bits per heavy atom. The molecule has 0 radical (unpaired) electrons. The first-order valence-corrected chi connectivity index (χ1v) is 9.37. The molecule has 1 amide bonds. The number of carbonyl (C=O) groups excluding carboxylic acids is 1. The Bertz CT molecular complexity index is 615. The Labute approximate surface area is 161 Å². The summed E-state index contributed by atoms with van der Waals surface area (Å²) in [7, 11) is 0. The first-order chi connectivity index (χ1) is 12.1. The van der Waals surface area contributed by atoms with Gasteiger partial charge in [-0.3, -0.25) is 4.90 Å². The molecule has 0 bridgehead atoms. The summed E-state index contributed by atoms with van der Waals surface area (Å²) in [4.78, 5) is 14.1. The molecule has 0 atom stereocenters. The van der Waals surface area contributed by atoms with Crippen molar-refractivity contribution in [3.63, 3.8) is 0 Å². The van der Waals surface area contributed by atoms with Gasteiger partial charge in [-0.05, 0) is 67.2 Å². The van der Waals surface area contributed by atoms with Crippen molar-refractivity contribution >= 4 is 22.0 Å². The van der Waals surface area contributed by atoms with Crippen molar-refractivity contribution in [1.29, 1.82) is 0 Å². The Kier molecular flexibility index (Phi) is 7.23. The summed E-state index contributed by atoms with van der Waals surface area (Å²) in [6, 6.07) is 5.23. The van der Waals surface area contributed by atoms with E-state index in [4.69, 9.17) is 4.74 Å². The van der Waals surface area contributed by atoms with Crippen molar-refractivity contribution in [2.45, 2.75) is 58.4 Å². The molecule has 0 aromatic heterocycles. The Morgan fingerprint density at radius 3 is 2.54 bits per heavy atom. The van der Waals surface area contributed by atoms with Gasteiger partial charge < -0.3 is 14.8 Å². The third kappa shape index (κ3) is 7.07. The van der Waals surface area contributed by atoms with Gasteiger partial charge in [0.2, 0.25) is 0 Å². The third-order valence-electron chi connectivity index (χ3n) is 3.93. The van der Waals surface area contributed by atoms with E-state index in [-0.39, 0.29) is 17.9 Å². The molecule has 0 saturated carbocycles. The molecule has 2 rings (SSSR count). The van der Waals surface area contributed by atoms with Crippen LogP contribution < -0.4 is 10.1 Å². The van der Waals surface area contributed by atoms with Crippen molar-refractivity contribution in [3.05, 3.63) is 28.2 Å². The van der Waals surface area contributed by atoms with Gasteiger partial charge in [0.05, 0.1) is 4.47 Å². The van der Waals surface area contributed by atoms with Crippen molar-refractivity contribution in [2.24, 2.45) is 0 Å². The predicted molar refractivity (Wildman–Crippen MR) is 98.4 cm³/mol. The summed E-state index contributed by atoms with van der Waals surface area (Å²) in [5, 5.41) is 2.91. The second-order valence-corrected chi connectivity index (χ2v) is 8.19. The second-order valence-electron chi connectivity index (χ2n) is 7.34. The van der Waals surface area contributed by atoms with Crippen LogP contribution in [0.4, 0.5) is 13.6 Å². The van der Waals surface area contributed by atoms with Crippen LogP contribution in [0, 0.1) is 0 Å². The molecule has 1 saturated heterocycles. The summed E-state index contributed by atoms with van der Waals surface area (Å²) < 4.78 is 34.8. The minimum Gasteiger partial charge on any atom is -0.444 e. The summed E-state index contributed by atoms with van der Waals surface area (Å²) in [6.07, 6.45) is 1.30. The smallest absolute Gasteiger partial charge is 0.407 e. The quantitative estimate of drug-likeness (QED) is 0.738. The van der Waals surface area contributed by atoms with Crippen LogP contribution >= 0.6 is 15.9 Å². The third-order valence-corrected chi connectivity index (χ3v) is 4.55. The topological polar surface area (TPSA) is 50.8 Å². The average molecular weight is 435 g/mol. The fraction of sp³-hybridized carbons (Fsp3) is 0.611. The van der Waals surface area contributed by atoms with Gasteiger partial charge in [0, 0.05) is 25.7 Å². The molecule has 0 aliphatic carbocycles. The average Bonchev–Trinajstić information content (AvgIpc) is 2.50. The highest BCUT2D eigenvalue weighted by Gasteiger charge is 2.23. The van der Waals surface area contributed by atoms with Gasteiger partial charge >= 0.3 is 12.7 Å². The lowest BCUT2D eigenvalue weighted by Crippen LogP contribution is -2.45. The molecule has 26 heavy (non-hydrogen) atoms. The zero-order chi connectivity index (χ0) is 19.3. The lowest BCUT2D eigenvalue weighted by atomic mass is 10.0. The summed E-state index contributed by atoms with van der Waals surface area (Å²) >= 11 is 3.26. The largest absolute Gasteiger partial charge is 0.444 e. The van der Waals surface area contributed by atoms with Crippen LogP contribution in [0.25, 0.3) is 0 Å². The Hall–Kier alpha value is -1.41. The molecule has 0 spiro atoms. The first kappa shape index (κ1) is 20.9. The van der Waals surface area contributed by atoms with Crippen molar-refractivity contribution < 1.29 is 23.0 Å². The van der Waals surface area contributed by atoms with Crippen LogP contribution in [0.2, 0.25) is 0 Å². The van der Waals surface area contributed by atoms with E-state index < -0.39 is 12.2 Å². The number of halogens is 3. The highest BCUT2D eigenvalue weighted by atomic mass is 79.9. The number of alkyl carbamates (subject to hydrolysis) is 1. The van der Waals surface area contributed by atoms with Gasteiger partial charge in [0.15, 0.2) is 0 Å². The van der Waals surface area contributed by atoms with Crippen LogP contribution in [-0.2, 0) is 11.3 Å². The van der Waals surface area contributed by atoms with Crippen molar-refractivity contribution in [2.75, 3.05) is 13.1 Å². The van der Waals surface area contributed by atoms with Crippen LogP contribution in [0.1, 0.15) is 39.2 Å². The van der Waals surface area contributed by atoms with E-state index in [0.717, 1.165) is 31.5 Å². The van der Waals surface area contributed by atoms with E-state index in [1.54, 1.807) is 18.2 Å². The van der Waals surface area contributed by atoms with Gasteiger partial charge in [-0.25, -0.2) is 4.79 Å². The van der Waals surface area contributed by atoms with Gasteiger partial charge in [-0.15, -0.1) is 0 Å². The van der Waals surface area contributed by atoms with E-state index in [9.17, 15) is 13.6 Å². The minimum atomic E-state index is -2.84. The predicted octanol–water partition coefficient (Wildman–Crippen LogP) is 4.54. The fourth-order valence-electron chi connectivity index (χ4n) is 2.80. The summed E-state index contributed by atoms with van der Waals surface area (Å²) in [5.41, 5.74) is 0.510. The fourth-order valence-corrected chi connectivity index (χ4v) is 3.32. The number of ether oxygens (including phenoxy) is 2. The number of hydrogen-bond acceptors (Lipinski definition) is 4. The number of benzene rings is 1.